The number of aliphatic hydroxyl groups excluding tert-OH is 1. The maximum absolute atomic E-state index is 8.73. The van der Waals surface area contributed by atoms with Crippen molar-refractivity contribution in [2.75, 3.05) is 19.4 Å². The first kappa shape index (κ1) is 12.8. The molecule has 15 heavy (non-hydrogen) atoms. The summed E-state index contributed by atoms with van der Waals surface area (Å²) in [4.78, 5) is 1.13. The van der Waals surface area contributed by atoms with Gasteiger partial charge in [-0.25, -0.2) is 0 Å². The number of nitrogens with one attached hydrogen (secondary N) is 1. The highest BCUT2D eigenvalue weighted by Crippen LogP contribution is 2.31. The fourth-order valence-corrected chi connectivity index (χ4v) is 2.65. The van der Waals surface area contributed by atoms with E-state index < -0.39 is 0 Å². The SMILES string of the molecule is CNCc1cccc(Cl)c1SCCCO. The lowest BCUT2D eigenvalue weighted by atomic mass is 10.2. The second kappa shape index (κ2) is 7.12. The van der Waals surface area contributed by atoms with Crippen molar-refractivity contribution in [3.05, 3.63) is 28.8 Å². The average molecular weight is 246 g/mol. The van der Waals surface area contributed by atoms with Gasteiger partial charge in [0.1, 0.15) is 0 Å². The summed E-state index contributed by atoms with van der Waals surface area (Å²) in [7, 11) is 1.92. The highest BCUT2D eigenvalue weighted by atomic mass is 35.5. The standard InChI is InChI=1S/C11H16ClNOS/c1-13-8-9-4-2-5-10(12)11(9)15-7-3-6-14/h2,4-5,13-14H,3,6-8H2,1H3. The number of hydrogen-bond donors (Lipinski definition) is 2. The molecule has 1 rings (SSSR count). The third-order valence-electron chi connectivity index (χ3n) is 1.96. The van der Waals surface area contributed by atoms with Gasteiger partial charge in [0.15, 0.2) is 0 Å². The van der Waals surface area contributed by atoms with E-state index in [1.165, 1.54) is 5.56 Å². The summed E-state index contributed by atoms with van der Waals surface area (Å²) in [5, 5.41) is 12.6. The lowest BCUT2D eigenvalue weighted by Gasteiger charge is -2.10. The molecule has 0 spiro atoms. The molecule has 0 atom stereocenters. The molecular formula is C11H16ClNOS. The number of thioether (sulfide) groups is 1. The Labute approximate surface area is 100 Å². The summed E-state index contributed by atoms with van der Waals surface area (Å²) in [6.45, 7) is 1.06. The number of aliphatic hydroxyl groups is 1. The van der Waals surface area contributed by atoms with Crippen LogP contribution in [0.15, 0.2) is 23.1 Å². The van der Waals surface area contributed by atoms with Crippen molar-refractivity contribution < 1.29 is 5.11 Å². The maximum Gasteiger partial charge on any atom is 0.0545 e. The lowest BCUT2D eigenvalue weighted by molar-refractivity contribution is 0.296. The van der Waals surface area contributed by atoms with Crippen molar-refractivity contribution in [3.63, 3.8) is 0 Å². The van der Waals surface area contributed by atoms with Crippen LogP contribution in [0.5, 0.6) is 0 Å². The van der Waals surface area contributed by atoms with Crippen molar-refractivity contribution in [1.29, 1.82) is 0 Å². The van der Waals surface area contributed by atoms with Crippen molar-refractivity contribution in [3.8, 4) is 0 Å². The highest BCUT2D eigenvalue weighted by molar-refractivity contribution is 7.99. The quantitative estimate of drug-likeness (QED) is 0.597. The fraction of sp³-hybridized carbons (Fsp3) is 0.455. The maximum atomic E-state index is 8.73. The van der Waals surface area contributed by atoms with Crippen molar-refractivity contribution in [2.24, 2.45) is 0 Å². The van der Waals surface area contributed by atoms with Gasteiger partial charge < -0.3 is 10.4 Å². The van der Waals surface area contributed by atoms with Crippen LogP contribution in [0, 0.1) is 0 Å². The Morgan fingerprint density at radius 2 is 2.27 bits per heavy atom. The largest absolute Gasteiger partial charge is 0.396 e. The van der Waals surface area contributed by atoms with Gasteiger partial charge in [-0.15, -0.1) is 11.8 Å². The molecule has 0 aliphatic rings. The molecule has 2 N–H and O–H groups in total. The van der Waals surface area contributed by atoms with Gasteiger partial charge in [0, 0.05) is 23.8 Å². The van der Waals surface area contributed by atoms with Crippen LogP contribution in [0.25, 0.3) is 0 Å². The number of benzene rings is 1. The van der Waals surface area contributed by atoms with Gasteiger partial charge in [-0.3, -0.25) is 0 Å². The van der Waals surface area contributed by atoms with Gasteiger partial charge >= 0.3 is 0 Å². The van der Waals surface area contributed by atoms with E-state index >= 15 is 0 Å². The fourth-order valence-electron chi connectivity index (χ4n) is 1.28. The molecular weight excluding hydrogens is 230 g/mol. The topological polar surface area (TPSA) is 32.3 Å². The Morgan fingerprint density at radius 1 is 1.47 bits per heavy atom. The van der Waals surface area contributed by atoms with E-state index in [4.69, 9.17) is 16.7 Å². The molecule has 0 saturated heterocycles. The van der Waals surface area contributed by atoms with Crippen LogP contribution in [0.2, 0.25) is 5.02 Å². The lowest BCUT2D eigenvalue weighted by Crippen LogP contribution is -2.06. The van der Waals surface area contributed by atoms with E-state index in [1.54, 1.807) is 11.8 Å². The van der Waals surface area contributed by atoms with Gasteiger partial charge in [-0.1, -0.05) is 23.7 Å². The first-order chi connectivity index (χ1) is 7.29. The molecule has 84 valence electrons. The minimum atomic E-state index is 0.235. The third-order valence-corrected chi connectivity index (χ3v) is 3.66. The predicted molar refractivity (Wildman–Crippen MR) is 66.6 cm³/mol. The average Bonchev–Trinajstić information content (AvgIpc) is 2.23. The van der Waals surface area contributed by atoms with Gasteiger partial charge in [-0.2, -0.15) is 0 Å². The summed E-state index contributed by atoms with van der Waals surface area (Å²) >= 11 is 7.84. The van der Waals surface area contributed by atoms with Crippen LogP contribution < -0.4 is 5.32 Å². The van der Waals surface area contributed by atoms with E-state index in [2.05, 4.69) is 11.4 Å². The smallest absolute Gasteiger partial charge is 0.0545 e. The molecule has 0 aliphatic carbocycles. The Kier molecular flexibility index (Phi) is 6.10. The minimum Gasteiger partial charge on any atom is -0.396 e. The van der Waals surface area contributed by atoms with Crippen LogP contribution in [0.4, 0.5) is 0 Å². The highest BCUT2D eigenvalue weighted by Gasteiger charge is 2.06. The molecule has 0 fully saturated rings. The molecule has 0 aromatic heterocycles. The van der Waals surface area contributed by atoms with Crippen molar-refractivity contribution in [2.45, 2.75) is 17.9 Å². The van der Waals surface area contributed by atoms with E-state index in [-0.39, 0.29) is 6.61 Å². The molecule has 2 nitrogen and oxygen atoms in total. The summed E-state index contributed by atoms with van der Waals surface area (Å²) in [5.41, 5.74) is 1.22. The Morgan fingerprint density at radius 3 is 2.93 bits per heavy atom. The third kappa shape index (κ3) is 4.03. The van der Waals surface area contributed by atoms with Gasteiger partial charge in [0.2, 0.25) is 0 Å². The Balaban J connectivity index is 2.72. The van der Waals surface area contributed by atoms with Gasteiger partial charge in [-0.05, 0) is 25.1 Å². The molecule has 0 bridgehead atoms. The molecule has 0 saturated carbocycles. The van der Waals surface area contributed by atoms with Crippen LogP contribution in [0.3, 0.4) is 0 Å². The van der Waals surface area contributed by atoms with Crippen LogP contribution in [0.1, 0.15) is 12.0 Å². The number of halogens is 1. The summed E-state index contributed by atoms with van der Waals surface area (Å²) in [6, 6.07) is 5.94. The van der Waals surface area contributed by atoms with Crippen LogP contribution >= 0.6 is 23.4 Å². The zero-order chi connectivity index (χ0) is 11.1. The first-order valence-electron chi connectivity index (χ1n) is 4.95. The summed E-state index contributed by atoms with van der Waals surface area (Å²) in [6.07, 6.45) is 0.800. The Hall–Kier alpha value is -0.220. The van der Waals surface area contributed by atoms with Crippen molar-refractivity contribution >= 4 is 23.4 Å². The number of hydrogen-bond acceptors (Lipinski definition) is 3. The molecule has 4 heteroatoms. The first-order valence-corrected chi connectivity index (χ1v) is 6.31. The van der Waals surface area contributed by atoms with E-state index in [9.17, 15) is 0 Å². The van der Waals surface area contributed by atoms with E-state index in [0.717, 1.165) is 28.6 Å². The van der Waals surface area contributed by atoms with Crippen molar-refractivity contribution in [1.82, 2.24) is 5.32 Å². The normalized spacial score (nSPS) is 10.6. The zero-order valence-electron chi connectivity index (χ0n) is 8.79. The van der Waals surface area contributed by atoms with Crippen LogP contribution in [-0.2, 0) is 6.54 Å². The molecule has 0 heterocycles. The van der Waals surface area contributed by atoms with Crippen LogP contribution in [-0.4, -0.2) is 24.5 Å². The molecule has 0 aliphatic heterocycles. The molecule has 0 amide bonds. The predicted octanol–water partition coefficient (Wildman–Crippen LogP) is 2.53. The molecule has 0 unspecified atom stereocenters. The second-order valence-corrected chi connectivity index (χ2v) is 4.70. The van der Waals surface area contributed by atoms with Gasteiger partial charge in [0.25, 0.3) is 0 Å². The second-order valence-electron chi connectivity index (χ2n) is 3.18. The Bertz CT molecular complexity index is 307. The number of rotatable bonds is 6. The zero-order valence-corrected chi connectivity index (χ0v) is 10.4. The molecule has 0 radical (unpaired) electrons. The monoisotopic (exact) mass is 245 g/mol. The molecule has 1 aromatic carbocycles. The molecule has 1 aromatic rings. The van der Waals surface area contributed by atoms with E-state index in [1.807, 2.05) is 19.2 Å². The summed E-state index contributed by atoms with van der Waals surface area (Å²) in [5.74, 6) is 0.900. The van der Waals surface area contributed by atoms with E-state index in [0.29, 0.717) is 0 Å². The van der Waals surface area contributed by atoms with Gasteiger partial charge in [0.05, 0.1) is 5.02 Å². The minimum absolute atomic E-state index is 0.235. The summed E-state index contributed by atoms with van der Waals surface area (Å²) < 4.78 is 0.